The van der Waals surface area contributed by atoms with Crippen molar-refractivity contribution in [1.82, 2.24) is 9.88 Å². The number of ether oxygens (including phenoxy) is 1. The van der Waals surface area contributed by atoms with Crippen LogP contribution in [0, 0.1) is 0 Å². The van der Waals surface area contributed by atoms with E-state index in [2.05, 4.69) is 42.4 Å². The van der Waals surface area contributed by atoms with E-state index in [0.29, 0.717) is 19.0 Å². The molecular formula is C23H26N2O2S. The van der Waals surface area contributed by atoms with Crippen LogP contribution >= 0.6 is 11.3 Å². The molecule has 5 heteroatoms. The molecule has 1 amide bonds. The van der Waals surface area contributed by atoms with Crippen molar-refractivity contribution in [3.8, 4) is 5.75 Å². The number of amides is 1. The van der Waals surface area contributed by atoms with Gasteiger partial charge in [-0.2, -0.15) is 0 Å². The van der Waals surface area contributed by atoms with E-state index in [-0.39, 0.29) is 12.5 Å². The van der Waals surface area contributed by atoms with E-state index in [0.717, 1.165) is 17.7 Å². The highest BCUT2D eigenvalue weighted by atomic mass is 32.1. The maximum atomic E-state index is 12.8. The molecule has 0 bridgehead atoms. The quantitative estimate of drug-likeness (QED) is 0.517. The molecule has 146 valence electrons. The topological polar surface area (TPSA) is 42.4 Å². The second-order valence-corrected chi connectivity index (χ2v) is 8.05. The second-order valence-electron chi connectivity index (χ2n) is 7.02. The van der Waals surface area contributed by atoms with Crippen LogP contribution in [0.1, 0.15) is 35.8 Å². The van der Waals surface area contributed by atoms with Crippen LogP contribution in [0.3, 0.4) is 0 Å². The Morgan fingerprint density at radius 2 is 1.96 bits per heavy atom. The summed E-state index contributed by atoms with van der Waals surface area (Å²) in [5, 5.41) is 2.06. The van der Waals surface area contributed by atoms with E-state index in [1.54, 1.807) is 23.7 Å². The summed E-state index contributed by atoms with van der Waals surface area (Å²) < 4.78 is 5.75. The molecule has 1 aromatic carbocycles. The minimum Gasteiger partial charge on any atom is -0.484 e. The first-order valence-corrected chi connectivity index (χ1v) is 10.4. The number of carbonyl (C=O) groups is 1. The van der Waals surface area contributed by atoms with E-state index >= 15 is 0 Å². The number of aromatic nitrogens is 1. The van der Waals surface area contributed by atoms with Crippen LogP contribution in [0.15, 0.2) is 66.3 Å². The van der Waals surface area contributed by atoms with Crippen LogP contribution in [0.25, 0.3) is 0 Å². The summed E-state index contributed by atoms with van der Waals surface area (Å²) in [4.78, 5) is 20.1. The molecule has 2 heterocycles. The van der Waals surface area contributed by atoms with Crippen molar-refractivity contribution in [3.05, 3.63) is 82.3 Å². The maximum Gasteiger partial charge on any atom is 0.260 e. The molecule has 0 unspecified atom stereocenters. The minimum atomic E-state index is -0.0201. The monoisotopic (exact) mass is 394 g/mol. The third-order valence-corrected chi connectivity index (χ3v) is 5.50. The standard InChI is InChI=1S/C23H26N2O2S/c1-18(2)20-7-9-21(10-8-20)27-17-23(26)25(13-11-22-6-4-14-28-22)16-19-5-3-12-24-15-19/h3-10,12,14-15,18H,11,13,16-17H2,1-2H3. The average Bonchev–Trinajstić information content (AvgIpc) is 3.24. The molecule has 28 heavy (non-hydrogen) atoms. The number of carbonyl (C=O) groups excluding carboxylic acids is 1. The van der Waals surface area contributed by atoms with Gasteiger partial charge in [0.05, 0.1) is 0 Å². The molecule has 0 aliphatic carbocycles. The SMILES string of the molecule is CC(C)c1ccc(OCC(=O)N(CCc2cccs2)Cc2cccnc2)cc1. The van der Waals surface area contributed by atoms with Crippen molar-refractivity contribution in [2.75, 3.05) is 13.2 Å². The van der Waals surface area contributed by atoms with E-state index in [9.17, 15) is 4.79 Å². The lowest BCUT2D eigenvalue weighted by molar-refractivity contribution is -0.134. The van der Waals surface area contributed by atoms with Gasteiger partial charge in [-0.05, 0) is 53.1 Å². The molecule has 3 rings (SSSR count). The molecule has 2 aromatic heterocycles. The highest BCUT2D eigenvalue weighted by Crippen LogP contribution is 2.19. The molecule has 0 saturated carbocycles. The van der Waals surface area contributed by atoms with Gasteiger partial charge in [0, 0.05) is 30.4 Å². The predicted octanol–water partition coefficient (Wildman–Crippen LogP) is 4.92. The summed E-state index contributed by atoms with van der Waals surface area (Å²) in [5.41, 5.74) is 2.27. The smallest absolute Gasteiger partial charge is 0.260 e. The molecule has 4 nitrogen and oxygen atoms in total. The van der Waals surface area contributed by atoms with Crippen LogP contribution < -0.4 is 4.74 Å². The van der Waals surface area contributed by atoms with Crippen molar-refractivity contribution < 1.29 is 9.53 Å². The Morgan fingerprint density at radius 1 is 1.14 bits per heavy atom. The number of pyridine rings is 1. The first-order valence-electron chi connectivity index (χ1n) is 9.53. The lowest BCUT2D eigenvalue weighted by Crippen LogP contribution is -2.36. The molecule has 0 radical (unpaired) electrons. The molecule has 0 saturated heterocycles. The van der Waals surface area contributed by atoms with Crippen LogP contribution in [0.2, 0.25) is 0 Å². The van der Waals surface area contributed by atoms with Crippen molar-refractivity contribution in [2.45, 2.75) is 32.7 Å². The number of nitrogens with zero attached hydrogens (tertiary/aromatic N) is 2. The van der Waals surface area contributed by atoms with Gasteiger partial charge in [-0.3, -0.25) is 9.78 Å². The summed E-state index contributed by atoms with van der Waals surface area (Å²) in [5.74, 6) is 1.17. The second kappa shape index (κ2) is 10.0. The van der Waals surface area contributed by atoms with Gasteiger partial charge in [0.15, 0.2) is 6.61 Å². The Kier molecular flexibility index (Phi) is 7.20. The first-order chi connectivity index (χ1) is 13.6. The zero-order valence-electron chi connectivity index (χ0n) is 16.4. The van der Waals surface area contributed by atoms with Crippen LogP contribution in [0.5, 0.6) is 5.75 Å². The van der Waals surface area contributed by atoms with Gasteiger partial charge < -0.3 is 9.64 Å². The third-order valence-electron chi connectivity index (χ3n) is 4.57. The number of hydrogen-bond acceptors (Lipinski definition) is 4. The molecule has 0 aliphatic rings. The Bertz CT molecular complexity index is 846. The van der Waals surface area contributed by atoms with Gasteiger partial charge in [-0.1, -0.05) is 38.1 Å². The fourth-order valence-corrected chi connectivity index (χ4v) is 3.59. The van der Waals surface area contributed by atoms with Gasteiger partial charge >= 0.3 is 0 Å². The van der Waals surface area contributed by atoms with E-state index in [1.807, 2.05) is 35.2 Å². The fourth-order valence-electron chi connectivity index (χ4n) is 2.89. The maximum absolute atomic E-state index is 12.8. The molecule has 0 atom stereocenters. The van der Waals surface area contributed by atoms with Crippen LogP contribution in [-0.4, -0.2) is 28.9 Å². The van der Waals surface area contributed by atoms with E-state index in [4.69, 9.17) is 4.74 Å². The number of hydrogen-bond donors (Lipinski definition) is 0. The largest absolute Gasteiger partial charge is 0.484 e. The highest BCUT2D eigenvalue weighted by molar-refractivity contribution is 7.09. The summed E-state index contributed by atoms with van der Waals surface area (Å²) >= 11 is 1.72. The van der Waals surface area contributed by atoms with Crippen molar-refractivity contribution in [1.29, 1.82) is 0 Å². The Balaban J connectivity index is 1.61. The lowest BCUT2D eigenvalue weighted by atomic mass is 10.0. The van der Waals surface area contributed by atoms with Crippen LogP contribution in [-0.2, 0) is 17.8 Å². The third kappa shape index (κ3) is 5.92. The Labute approximate surface area is 170 Å². The normalized spacial score (nSPS) is 10.8. The predicted molar refractivity (Wildman–Crippen MR) is 114 cm³/mol. The van der Waals surface area contributed by atoms with E-state index < -0.39 is 0 Å². The number of thiophene rings is 1. The molecular weight excluding hydrogens is 368 g/mol. The van der Waals surface area contributed by atoms with Crippen molar-refractivity contribution >= 4 is 17.2 Å². The minimum absolute atomic E-state index is 0.0201. The lowest BCUT2D eigenvalue weighted by Gasteiger charge is -2.23. The molecule has 0 aliphatic heterocycles. The van der Waals surface area contributed by atoms with Crippen LogP contribution in [0.4, 0.5) is 0 Å². The Hall–Kier alpha value is -2.66. The fraction of sp³-hybridized carbons (Fsp3) is 0.304. The number of benzene rings is 1. The Morgan fingerprint density at radius 3 is 2.61 bits per heavy atom. The average molecular weight is 395 g/mol. The molecule has 3 aromatic rings. The summed E-state index contributed by atoms with van der Waals surface area (Å²) in [6.07, 6.45) is 4.38. The van der Waals surface area contributed by atoms with E-state index in [1.165, 1.54) is 10.4 Å². The highest BCUT2D eigenvalue weighted by Gasteiger charge is 2.15. The summed E-state index contributed by atoms with van der Waals surface area (Å²) in [6, 6.07) is 16.0. The molecule has 0 N–H and O–H groups in total. The number of rotatable bonds is 9. The zero-order chi connectivity index (χ0) is 19.8. The zero-order valence-corrected chi connectivity index (χ0v) is 17.2. The first kappa shape index (κ1) is 20.1. The summed E-state index contributed by atoms with van der Waals surface area (Å²) in [6.45, 7) is 5.54. The molecule has 0 fully saturated rings. The summed E-state index contributed by atoms with van der Waals surface area (Å²) in [7, 11) is 0. The van der Waals surface area contributed by atoms with Gasteiger partial charge in [-0.15, -0.1) is 11.3 Å². The molecule has 0 spiro atoms. The van der Waals surface area contributed by atoms with Crippen molar-refractivity contribution in [2.24, 2.45) is 0 Å². The van der Waals surface area contributed by atoms with Gasteiger partial charge in [0.1, 0.15) is 5.75 Å². The van der Waals surface area contributed by atoms with Gasteiger partial charge in [-0.25, -0.2) is 0 Å². The van der Waals surface area contributed by atoms with Gasteiger partial charge in [0.25, 0.3) is 5.91 Å². The van der Waals surface area contributed by atoms with Crippen molar-refractivity contribution in [3.63, 3.8) is 0 Å². The van der Waals surface area contributed by atoms with Gasteiger partial charge in [0.2, 0.25) is 0 Å².